The van der Waals surface area contributed by atoms with E-state index in [1.165, 1.54) is 11.1 Å². The van der Waals surface area contributed by atoms with Gasteiger partial charge in [-0.2, -0.15) is 13.2 Å². The van der Waals surface area contributed by atoms with Gasteiger partial charge in [0.05, 0.1) is 29.2 Å². The molecule has 7 rings (SSSR count). The number of carbonyl (C=O) groups is 1. The Morgan fingerprint density at radius 1 is 0.953 bits per heavy atom. The third-order valence-electron chi connectivity index (χ3n) is 7.84. The van der Waals surface area contributed by atoms with Gasteiger partial charge < -0.3 is 19.7 Å². The highest BCUT2D eigenvalue weighted by molar-refractivity contribution is 6.19. The minimum Gasteiger partial charge on any atom is -0.437 e. The van der Waals surface area contributed by atoms with E-state index in [-0.39, 0.29) is 23.9 Å². The minimum atomic E-state index is -4.61. The maximum Gasteiger partial charge on any atom is 0.433 e. The molecular weight excluding hydrogens is 563 g/mol. The molecule has 0 aliphatic carbocycles. The fraction of sp³-hybridized carbons (Fsp3) is 0.333. The van der Waals surface area contributed by atoms with Gasteiger partial charge in [-0.05, 0) is 31.0 Å². The largest absolute Gasteiger partial charge is 0.437 e. The monoisotopic (exact) mass is 591 g/mol. The Balaban J connectivity index is 1.18. The zero-order valence-corrected chi connectivity index (χ0v) is 23.1. The van der Waals surface area contributed by atoms with E-state index in [0.29, 0.717) is 30.1 Å². The Morgan fingerprint density at radius 2 is 1.67 bits per heavy atom. The lowest BCUT2D eigenvalue weighted by atomic mass is 10.0. The average molecular weight is 592 g/mol. The summed E-state index contributed by atoms with van der Waals surface area (Å²) in [7, 11) is 1.64. The number of hydrogen-bond donors (Lipinski definition) is 2. The summed E-state index contributed by atoms with van der Waals surface area (Å²) in [5.74, 6) is -0.181. The van der Waals surface area contributed by atoms with Crippen molar-refractivity contribution in [2.75, 3.05) is 30.4 Å². The molecule has 2 bridgehead atoms. The molecule has 0 saturated carbocycles. The topological polar surface area (TPSA) is 104 Å². The maximum absolute atomic E-state index is 13.7. The van der Waals surface area contributed by atoms with E-state index in [0.717, 1.165) is 30.0 Å². The minimum absolute atomic E-state index is 0.0685. The van der Waals surface area contributed by atoms with Crippen LogP contribution < -0.4 is 15.5 Å². The highest BCUT2D eigenvalue weighted by Gasteiger charge is 2.40. The van der Waals surface area contributed by atoms with Crippen LogP contribution in [0.3, 0.4) is 0 Å². The zero-order valence-electron chi connectivity index (χ0n) is 23.1. The second-order valence-corrected chi connectivity index (χ2v) is 10.8. The number of aromatic nitrogens is 1. The lowest BCUT2D eigenvalue weighted by molar-refractivity contribution is -0.141. The number of para-hydroxylation sites is 1. The predicted molar refractivity (Wildman–Crippen MR) is 153 cm³/mol. The molecule has 4 atom stereocenters. The number of amides is 1. The highest BCUT2D eigenvalue weighted by Crippen LogP contribution is 2.35. The van der Waals surface area contributed by atoms with Crippen LogP contribution in [0.25, 0.3) is 0 Å². The molecule has 13 heteroatoms. The summed E-state index contributed by atoms with van der Waals surface area (Å²) in [6, 6.07) is 19.2. The molecular formula is C30H28F3N7O3. The Morgan fingerprint density at radius 3 is 2.42 bits per heavy atom. The van der Waals surface area contributed by atoms with Crippen molar-refractivity contribution in [2.45, 2.75) is 43.7 Å². The molecule has 2 saturated heterocycles. The van der Waals surface area contributed by atoms with Crippen molar-refractivity contribution in [2.24, 2.45) is 10.1 Å². The number of fused-ring (bicyclic) bond motifs is 3. The summed E-state index contributed by atoms with van der Waals surface area (Å²) in [5, 5.41) is 12.0. The molecule has 1 aromatic heterocycles. The number of aliphatic imine (C=N–C) groups is 1. The average Bonchev–Trinajstić information content (AvgIpc) is 3.50. The van der Waals surface area contributed by atoms with Crippen molar-refractivity contribution in [3.63, 3.8) is 0 Å². The summed E-state index contributed by atoms with van der Waals surface area (Å²) >= 11 is 0. The fourth-order valence-electron chi connectivity index (χ4n) is 5.79. The quantitative estimate of drug-likeness (QED) is 0.466. The van der Waals surface area contributed by atoms with Crippen LogP contribution in [0.2, 0.25) is 0 Å². The summed E-state index contributed by atoms with van der Waals surface area (Å²) in [6.45, 7) is 0.838. The molecule has 10 nitrogen and oxygen atoms in total. The molecule has 0 spiro atoms. The SMILES string of the molecule is CN1N=C(c2ccc(C(F)(F)F)nc2N2CC3CCC(C2)O3)OC1N[C@H]1N=C(c2ccccc2)c2ccccc2NC1=O. The number of benzene rings is 2. The molecule has 2 N–H and O–H groups in total. The number of alkyl halides is 3. The van der Waals surface area contributed by atoms with Gasteiger partial charge in [0, 0.05) is 31.3 Å². The second-order valence-electron chi connectivity index (χ2n) is 10.8. The Kier molecular flexibility index (Phi) is 6.78. The molecule has 43 heavy (non-hydrogen) atoms. The molecule has 3 aromatic rings. The number of nitrogens with one attached hydrogen (secondary N) is 2. The van der Waals surface area contributed by atoms with Crippen LogP contribution in [-0.4, -0.2) is 72.4 Å². The number of anilines is 2. The van der Waals surface area contributed by atoms with Gasteiger partial charge in [0.25, 0.3) is 5.91 Å². The van der Waals surface area contributed by atoms with Crippen molar-refractivity contribution in [3.8, 4) is 0 Å². The number of hydrazone groups is 1. The Hall–Kier alpha value is -4.49. The highest BCUT2D eigenvalue weighted by atomic mass is 19.4. The summed E-state index contributed by atoms with van der Waals surface area (Å²) in [6.07, 6.45) is -5.06. The van der Waals surface area contributed by atoms with Gasteiger partial charge in [-0.15, -0.1) is 5.10 Å². The standard InChI is InChI=1S/C30H28F3N7O3/c1-39-29(37-25-27(41)34-22-10-6-5-9-20(22)24(36-25)17-7-3-2-4-8-17)43-28(38-39)21-13-14-23(30(31,32)33)35-26(21)40-15-18-11-12-19(16-40)42-18/h2-10,13-14,18-19,25,29,37H,11-12,15-16H2,1H3,(H,34,41)/t18?,19?,25-,29?/m1/s1. The number of ether oxygens (including phenoxy) is 2. The van der Waals surface area contributed by atoms with Crippen molar-refractivity contribution in [3.05, 3.63) is 89.1 Å². The first-order valence-electron chi connectivity index (χ1n) is 14.0. The fourth-order valence-corrected chi connectivity index (χ4v) is 5.79. The number of morpholine rings is 1. The molecule has 2 aromatic carbocycles. The van der Waals surface area contributed by atoms with Crippen LogP contribution in [0, 0.1) is 0 Å². The van der Waals surface area contributed by atoms with E-state index in [2.05, 4.69) is 20.7 Å². The van der Waals surface area contributed by atoms with Crippen molar-refractivity contribution >= 4 is 29.0 Å². The van der Waals surface area contributed by atoms with Gasteiger partial charge in [-0.25, -0.2) is 15.3 Å². The number of nitrogens with zero attached hydrogens (tertiary/aromatic N) is 5. The number of benzodiazepines with no additional fused rings is 1. The number of pyridine rings is 1. The van der Waals surface area contributed by atoms with E-state index in [1.807, 2.05) is 59.5 Å². The molecule has 5 heterocycles. The normalized spacial score (nSPS) is 25.0. The smallest absolute Gasteiger partial charge is 0.433 e. The van der Waals surface area contributed by atoms with Crippen LogP contribution in [0.15, 0.2) is 76.8 Å². The summed E-state index contributed by atoms with van der Waals surface area (Å²) in [5.41, 5.74) is 2.16. The van der Waals surface area contributed by atoms with Crippen molar-refractivity contribution in [1.29, 1.82) is 0 Å². The lowest BCUT2D eigenvalue weighted by Gasteiger charge is -2.34. The molecule has 3 unspecified atom stereocenters. The maximum atomic E-state index is 13.7. The predicted octanol–water partition coefficient (Wildman–Crippen LogP) is 3.78. The Labute approximate surface area is 245 Å². The zero-order chi connectivity index (χ0) is 29.7. The van der Waals surface area contributed by atoms with E-state index in [1.54, 1.807) is 7.05 Å². The van der Waals surface area contributed by atoms with Gasteiger partial charge in [0.2, 0.25) is 12.2 Å². The molecule has 0 radical (unpaired) electrons. The van der Waals surface area contributed by atoms with Crippen LogP contribution >= 0.6 is 0 Å². The first kappa shape index (κ1) is 27.3. The van der Waals surface area contributed by atoms with Crippen LogP contribution in [0.5, 0.6) is 0 Å². The van der Waals surface area contributed by atoms with Crippen molar-refractivity contribution in [1.82, 2.24) is 15.3 Å². The third kappa shape index (κ3) is 5.30. The van der Waals surface area contributed by atoms with E-state index >= 15 is 0 Å². The summed E-state index contributed by atoms with van der Waals surface area (Å²) in [4.78, 5) is 24.0. The van der Waals surface area contributed by atoms with Gasteiger partial charge in [0.15, 0.2) is 6.17 Å². The van der Waals surface area contributed by atoms with Crippen LogP contribution in [0.1, 0.15) is 35.2 Å². The first-order valence-corrected chi connectivity index (χ1v) is 14.0. The van der Waals surface area contributed by atoms with Gasteiger partial charge in [0.1, 0.15) is 11.5 Å². The van der Waals surface area contributed by atoms with E-state index in [4.69, 9.17) is 14.5 Å². The molecule has 222 valence electrons. The first-order chi connectivity index (χ1) is 20.7. The summed E-state index contributed by atoms with van der Waals surface area (Å²) < 4.78 is 53.1. The van der Waals surface area contributed by atoms with Crippen LogP contribution in [0.4, 0.5) is 24.7 Å². The number of halogens is 3. The molecule has 2 fully saturated rings. The Bertz CT molecular complexity index is 1600. The number of carbonyl (C=O) groups excluding carboxylic acids is 1. The molecule has 4 aliphatic heterocycles. The van der Waals surface area contributed by atoms with Crippen LogP contribution in [-0.2, 0) is 20.4 Å². The third-order valence-corrected chi connectivity index (χ3v) is 7.84. The van der Waals surface area contributed by atoms with Gasteiger partial charge >= 0.3 is 6.18 Å². The van der Waals surface area contributed by atoms with E-state index < -0.39 is 30.3 Å². The van der Waals surface area contributed by atoms with Gasteiger partial charge in [-0.3, -0.25) is 9.79 Å². The number of hydrogen-bond acceptors (Lipinski definition) is 9. The lowest BCUT2D eigenvalue weighted by Crippen LogP contribution is -2.49. The number of rotatable bonds is 5. The van der Waals surface area contributed by atoms with Crippen molar-refractivity contribution < 1.29 is 27.4 Å². The van der Waals surface area contributed by atoms with Gasteiger partial charge in [-0.1, -0.05) is 48.5 Å². The molecule has 1 amide bonds. The van der Waals surface area contributed by atoms with E-state index in [9.17, 15) is 18.0 Å². The second kappa shape index (κ2) is 10.7. The molecule has 4 aliphatic rings.